The molecule has 1 heterocycles. The summed E-state index contributed by atoms with van der Waals surface area (Å²) in [5.74, 6) is 0.224. The molecule has 0 unspecified atom stereocenters. The highest BCUT2D eigenvalue weighted by molar-refractivity contribution is 6.30. The minimum absolute atomic E-state index is 0.275. The van der Waals surface area contributed by atoms with Crippen LogP contribution in [0.15, 0.2) is 78.0 Å². The number of anilines is 1. The SMILES string of the molecule is COc1ccccc1NC(=O)N(Cc1ccc(F)cc1)C[C@H]1CC(c2ccc(Cl)cc2)=NO1. The largest absolute Gasteiger partial charge is 0.495 e. The molecule has 1 N–H and O–H groups in total. The first kappa shape index (κ1) is 22.6. The summed E-state index contributed by atoms with van der Waals surface area (Å²) in [4.78, 5) is 20.5. The van der Waals surface area contributed by atoms with Crippen LogP contribution in [0.1, 0.15) is 17.5 Å². The molecule has 3 aromatic rings. The van der Waals surface area contributed by atoms with Gasteiger partial charge in [0.1, 0.15) is 11.6 Å². The number of para-hydroxylation sites is 2. The topological polar surface area (TPSA) is 63.2 Å². The van der Waals surface area contributed by atoms with Gasteiger partial charge in [-0.2, -0.15) is 0 Å². The molecule has 0 aliphatic carbocycles. The van der Waals surface area contributed by atoms with E-state index in [1.165, 1.54) is 12.1 Å². The molecule has 0 spiro atoms. The summed E-state index contributed by atoms with van der Waals surface area (Å²) in [6, 6.07) is 20.3. The van der Waals surface area contributed by atoms with Crippen LogP contribution in [0, 0.1) is 5.82 Å². The number of nitrogens with zero attached hydrogens (tertiary/aromatic N) is 2. The second kappa shape index (κ2) is 10.4. The van der Waals surface area contributed by atoms with Crippen molar-refractivity contribution >= 4 is 29.0 Å². The Labute approximate surface area is 196 Å². The van der Waals surface area contributed by atoms with Crippen LogP contribution in [0.25, 0.3) is 0 Å². The number of carbonyl (C=O) groups is 1. The first-order valence-corrected chi connectivity index (χ1v) is 10.8. The van der Waals surface area contributed by atoms with E-state index in [9.17, 15) is 9.18 Å². The third-order valence-corrected chi connectivity index (χ3v) is 5.51. The zero-order chi connectivity index (χ0) is 23.2. The molecule has 0 saturated heterocycles. The summed E-state index contributed by atoms with van der Waals surface area (Å²) >= 11 is 5.97. The van der Waals surface area contributed by atoms with E-state index in [1.807, 2.05) is 24.3 Å². The first-order valence-electron chi connectivity index (χ1n) is 10.4. The van der Waals surface area contributed by atoms with Gasteiger partial charge in [-0.1, -0.05) is 53.2 Å². The van der Waals surface area contributed by atoms with Gasteiger partial charge in [0.2, 0.25) is 0 Å². The third-order valence-electron chi connectivity index (χ3n) is 5.26. The third kappa shape index (κ3) is 5.81. The first-order chi connectivity index (χ1) is 16.0. The van der Waals surface area contributed by atoms with Crippen molar-refractivity contribution in [3.63, 3.8) is 0 Å². The van der Waals surface area contributed by atoms with Gasteiger partial charge in [-0.3, -0.25) is 0 Å². The second-order valence-corrected chi connectivity index (χ2v) is 8.05. The standard InChI is InChI=1S/C25H23ClFN3O3/c1-32-24-5-3-2-4-22(24)28-25(31)30(15-17-6-12-20(27)13-7-17)16-21-14-23(29-33-21)18-8-10-19(26)11-9-18/h2-13,21H,14-16H2,1H3,(H,28,31)/t21-/m1/s1. The van der Waals surface area contributed by atoms with Crippen molar-refractivity contribution in [3.05, 3.63) is 94.8 Å². The van der Waals surface area contributed by atoms with Crippen molar-refractivity contribution in [1.82, 2.24) is 4.90 Å². The number of carbonyl (C=O) groups excluding carboxylic acids is 1. The fourth-order valence-corrected chi connectivity index (χ4v) is 3.68. The van der Waals surface area contributed by atoms with Crippen LogP contribution in [0.3, 0.4) is 0 Å². The maximum atomic E-state index is 13.4. The van der Waals surface area contributed by atoms with Gasteiger partial charge in [0.25, 0.3) is 0 Å². The Morgan fingerprint density at radius 3 is 2.61 bits per heavy atom. The van der Waals surface area contributed by atoms with Gasteiger partial charge in [0.05, 0.1) is 25.1 Å². The Morgan fingerprint density at radius 1 is 1.15 bits per heavy atom. The molecule has 0 aromatic heterocycles. The van der Waals surface area contributed by atoms with E-state index in [2.05, 4.69) is 10.5 Å². The lowest BCUT2D eigenvalue weighted by Gasteiger charge is -2.25. The van der Waals surface area contributed by atoms with Crippen LogP contribution in [0.4, 0.5) is 14.9 Å². The van der Waals surface area contributed by atoms with Gasteiger partial charge in [-0.05, 0) is 47.5 Å². The lowest BCUT2D eigenvalue weighted by atomic mass is 10.0. The quantitative estimate of drug-likeness (QED) is 0.483. The maximum absolute atomic E-state index is 13.4. The van der Waals surface area contributed by atoms with Crippen LogP contribution in [0.5, 0.6) is 5.75 Å². The van der Waals surface area contributed by atoms with Crippen LogP contribution >= 0.6 is 11.6 Å². The zero-order valence-electron chi connectivity index (χ0n) is 18.0. The van der Waals surface area contributed by atoms with Gasteiger partial charge in [-0.25, -0.2) is 9.18 Å². The molecule has 170 valence electrons. The molecule has 4 rings (SSSR count). The number of amides is 2. The van der Waals surface area contributed by atoms with E-state index in [1.54, 1.807) is 48.4 Å². The molecule has 2 amide bonds. The van der Waals surface area contributed by atoms with Gasteiger partial charge in [-0.15, -0.1) is 0 Å². The lowest BCUT2D eigenvalue weighted by molar-refractivity contribution is 0.0608. The Kier molecular flexibility index (Phi) is 7.10. The molecule has 0 saturated carbocycles. The maximum Gasteiger partial charge on any atom is 0.322 e. The van der Waals surface area contributed by atoms with Gasteiger partial charge in [0.15, 0.2) is 6.10 Å². The molecular weight excluding hydrogens is 445 g/mol. The van der Waals surface area contributed by atoms with Crippen molar-refractivity contribution in [3.8, 4) is 5.75 Å². The van der Waals surface area contributed by atoms with Crippen molar-refractivity contribution in [2.24, 2.45) is 5.16 Å². The predicted molar refractivity (Wildman–Crippen MR) is 126 cm³/mol. The molecule has 8 heteroatoms. The monoisotopic (exact) mass is 467 g/mol. The number of methoxy groups -OCH3 is 1. The number of hydrogen-bond acceptors (Lipinski definition) is 4. The van der Waals surface area contributed by atoms with E-state index in [0.717, 1.165) is 16.8 Å². The van der Waals surface area contributed by atoms with Crippen molar-refractivity contribution < 1.29 is 18.8 Å². The minimum atomic E-state index is -0.330. The molecule has 3 aromatic carbocycles. The van der Waals surface area contributed by atoms with Crippen LogP contribution in [0.2, 0.25) is 5.02 Å². The van der Waals surface area contributed by atoms with E-state index < -0.39 is 0 Å². The van der Waals surface area contributed by atoms with E-state index >= 15 is 0 Å². The normalized spacial score (nSPS) is 14.9. The van der Waals surface area contributed by atoms with Crippen molar-refractivity contribution in [2.75, 3.05) is 19.0 Å². The van der Waals surface area contributed by atoms with Crippen LogP contribution in [-0.4, -0.2) is 36.4 Å². The van der Waals surface area contributed by atoms with Gasteiger partial charge >= 0.3 is 6.03 Å². The summed E-state index contributed by atoms with van der Waals surface area (Å²) in [6.45, 7) is 0.566. The predicted octanol–water partition coefficient (Wildman–Crippen LogP) is 5.72. The fraction of sp³-hybridized carbons (Fsp3) is 0.200. The van der Waals surface area contributed by atoms with Crippen LogP contribution in [-0.2, 0) is 11.4 Å². The number of hydrogen-bond donors (Lipinski definition) is 1. The molecule has 0 radical (unpaired) electrons. The number of benzene rings is 3. The number of nitrogens with one attached hydrogen (secondary N) is 1. The molecule has 1 aliphatic heterocycles. The smallest absolute Gasteiger partial charge is 0.322 e. The fourth-order valence-electron chi connectivity index (χ4n) is 3.56. The summed E-state index contributed by atoms with van der Waals surface area (Å²) in [6.07, 6.45) is 0.225. The minimum Gasteiger partial charge on any atom is -0.495 e. The number of rotatable bonds is 7. The average Bonchev–Trinajstić information content (AvgIpc) is 3.29. The highest BCUT2D eigenvalue weighted by Gasteiger charge is 2.27. The number of ether oxygens (including phenoxy) is 1. The molecule has 1 aliphatic rings. The second-order valence-electron chi connectivity index (χ2n) is 7.61. The Bertz CT molecular complexity index is 1140. The van der Waals surface area contributed by atoms with Crippen molar-refractivity contribution in [1.29, 1.82) is 0 Å². The highest BCUT2D eigenvalue weighted by atomic mass is 35.5. The van der Waals surface area contributed by atoms with Crippen molar-refractivity contribution in [2.45, 2.75) is 19.1 Å². The summed E-state index contributed by atoms with van der Waals surface area (Å²) in [7, 11) is 1.54. The number of urea groups is 1. The number of oxime groups is 1. The molecule has 1 atom stereocenters. The molecule has 6 nitrogen and oxygen atoms in total. The molecular formula is C25H23ClFN3O3. The lowest BCUT2D eigenvalue weighted by Crippen LogP contribution is -2.40. The Morgan fingerprint density at radius 2 is 1.88 bits per heavy atom. The van der Waals surface area contributed by atoms with Crippen LogP contribution < -0.4 is 10.1 Å². The van der Waals surface area contributed by atoms with E-state index in [0.29, 0.717) is 29.4 Å². The average molecular weight is 468 g/mol. The van der Waals surface area contributed by atoms with Gasteiger partial charge in [0, 0.05) is 18.0 Å². The zero-order valence-corrected chi connectivity index (χ0v) is 18.8. The van der Waals surface area contributed by atoms with Gasteiger partial charge < -0.3 is 19.8 Å². The summed E-state index contributed by atoms with van der Waals surface area (Å²) in [5.41, 5.74) is 3.07. The highest BCUT2D eigenvalue weighted by Crippen LogP contribution is 2.25. The molecule has 33 heavy (non-hydrogen) atoms. The molecule has 0 bridgehead atoms. The Hall–Kier alpha value is -3.58. The summed E-state index contributed by atoms with van der Waals surface area (Å²) < 4.78 is 18.7. The molecule has 0 fully saturated rings. The number of halogens is 2. The van der Waals surface area contributed by atoms with E-state index in [-0.39, 0.29) is 24.5 Å². The van der Waals surface area contributed by atoms with E-state index in [4.69, 9.17) is 21.2 Å². The summed E-state index contributed by atoms with van der Waals surface area (Å²) in [5, 5.41) is 7.75. The Balaban J connectivity index is 1.48.